The van der Waals surface area contributed by atoms with E-state index in [1.165, 1.54) is 30.4 Å². The van der Waals surface area contributed by atoms with Gasteiger partial charge in [0.1, 0.15) is 0 Å². The molecule has 0 amide bonds. The van der Waals surface area contributed by atoms with E-state index in [0.29, 0.717) is 0 Å². The molecule has 0 aliphatic heterocycles. The fraction of sp³-hybridized carbons (Fsp3) is 0.667. The van der Waals surface area contributed by atoms with E-state index in [1.54, 1.807) is 0 Å². The van der Waals surface area contributed by atoms with Crippen LogP contribution in [0, 0.1) is 0 Å². The van der Waals surface area contributed by atoms with E-state index in [9.17, 15) is 0 Å². The van der Waals surface area contributed by atoms with Gasteiger partial charge in [0.15, 0.2) is 0 Å². The van der Waals surface area contributed by atoms with Crippen LogP contribution >= 0.6 is 0 Å². The van der Waals surface area contributed by atoms with Gasteiger partial charge in [-0.15, -0.1) is 0 Å². The Labute approximate surface area is 77.4 Å². The van der Waals surface area contributed by atoms with Gasteiger partial charge in [0.2, 0.25) is 0 Å². The second-order valence-electron chi connectivity index (χ2n) is 3.67. The van der Waals surface area contributed by atoms with Gasteiger partial charge in [-0.25, -0.2) is 0 Å². The fourth-order valence-electron chi connectivity index (χ4n) is 1.05. The summed E-state index contributed by atoms with van der Waals surface area (Å²) in [5, 5.41) is 0. The van der Waals surface area contributed by atoms with Crippen molar-refractivity contribution in [2.24, 2.45) is 0 Å². The van der Waals surface area contributed by atoms with Gasteiger partial charge in [-0.1, -0.05) is 36.6 Å². The predicted molar refractivity (Wildman–Crippen MR) is 57.3 cm³/mol. The first-order chi connectivity index (χ1) is 5.66. The van der Waals surface area contributed by atoms with E-state index < -0.39 is 0 Å². The van der Waals surface area contributed by atoms with Gasteiger partial charge in [-0.05, 0) is 40.0 Å². The number of rotatable bonds is 5. The van der Waals surface area contributed by atoms with E-state index in [2.05, 4.69) is 39.8 Å². The molecule has 0 fully saturated rings. The van der Waals surface area contributed by atoms with Crippen LogP contribution in [0.5, 0.6) is 0 Å². The first kappa shape index (κ1) is 11.5. The number of unbranched alkanes of at least 4 members (excludes halogenated alkanes) is 1. The van der Waals surface area contributed by atoms with Gasteiger partial charge < -0.3 is 0 Å². The largest absolute Gasteiger partial charge is 0.0821 e. The molecule has 0 heterocycles. The molecule has 0 aliphatic carbocycles. The number of hydrogen-bond acceptors (Lipinski definition) is 0. The molecule has 0 unspecified atom stereocenters. The Kier molecular flexibility index (Phi) is 6.84. The Morgan fingerprint density at radius 3 is 2.25 bits per heavy atom. The van der Waals surface area contributed by atoms with Crippen LogP contribution in [-0.2, 0) is 0 Å². The fourth-order valence-corrected chi connectivity index (χ4v) is 1.05. The first-order valence-electron chi connectivity index (χ1n) is 4.95. The summed E-state index contributed by atoms with van der Waals surface area (Å²) in [5.74, 6) is 0. The minimum Gasteiger partial charge on any atom is -0.0821 e. The van der Waals surface area contributed by atoms with Crippen molar-refractivity contribution >= 4 is 0 Å². The monoisotopic (exact) mass is 166 g/mol. The van der Waals surface area contributed by atoms with Crippen molar-refractivity contribution in [1.82, 2.24) is 0 Å². The van der Waals surface area contributed by atoms with Crippen LogP contribution in [0.1, 0.15) is 53.4 Å². The summed E-state index contributed by atoms with van der Waals surface area (Å²) in [5.41, 5.74) is 2.95. The molecular formula is C12H22. The lowest BCUT2D eigenvalue weighted by Gasteiger charge is -1.97. The Hall–Kier alpha value is -0.520. The van der Waals surface area contributed by atoms with E-state index in [1.807, 2.05) is 0 Å². The van der Waals surface area contributed by atoms with Crippen molar-refractivity contribution in [3.05, 3.63) is 23.3 Å². The van der Waals surface area contributed by atoms with Gasteiger partial charge in [-0.3, -0.25) is 0 Å². The van der Waals surface area contributed by atoms with Crippen LogP contribution in [0.4, 0.5) is 0 Å². The summed E-state index contributed by atoms with van der Waals surface area (Å²) in [6.45, 7) is 8.77. The van der Waals surface area contributed by atoms with Crippen molar-refractivity contribution in [3.63, 3.8) is 0 Å². The van der Waals surface area contributed by atoms with E-state index in [0.717, 1.165) is 6.42 Å². The zero-order valence-electron chi connectivity index (χ0n) is 8.98. The molecule has 12 heavy (non-hydrogen) atoms. The van der Waals surface area contributed by atoms with Gasteiger partial charge >= 0.3 is 0 Å². The Bertz CT molecular complexity index is 157. The quantitative estimate of drug-likeness (QED) is 0.528. The highest BCUT2D eigenvalue weighted by molar-refractivity contribution is 5.04. The Balaban J connectivity index is 3.61. The average Bonchev–Trinajstić information content (AvgIpc) is 2.00. The number of hydrogen-bond donors (Lipinski definition) is 0. The van der Waals surface area contributed by atoms with Crippen molar-refractivity contribution in [2.45, 2.75) is 53.4 Å². The molecule has 0 atom stereocenters. The maximum absolute atomic E-state index is 2.34. The molecule has 0 aromatic carbocycles. The lowest BCUT2D eigenvalue weighted by Crippen LogP contribution is -1.77. The third-order valence-electron chi connectivity index (χ3n) is 1.92. The molecule has 0 N–H and O–H groups in total. The highest BCUT2D eigenvalue weighted by Crippen LogP contribution is 2.07. The van der Waals surface area contributed by atoms with E-state index in [-0.39, 0.29) is 0 Å². The molecule has 0 nitrogen and oxygen atoms in total. The zero-order valence-corrected chi connectivity index (χ0v) is 8.98. The van der Waals surface area contributed by atoms with Crippen LogP contribution in [0.25, 0.3) is 0 Å². The predicted octanol–water partition coefficient (Wildman–Crippen LogP) is 4.48. The van der Waals surface area contributed by atoms with Crippen LogP contribution in [0.2, 0.25) is 0 Å². The van der Waals surface area contributed by atoms with Crippen LogP contribution < -0.4 is 0 Å². The van der Waals surface area contributed by atoms with E-state index in [4.69, 9.17) is 0 Å². The molecule has 0 radical (unpaired) electrons. The van der Waals surface area contributed by atoms with Crippen molar-refractivity contribution < 1.29 is 0 Å². The molecular weight excluding hydrogens is 144 g/mol. The summed E-state index contributed by atoms with van der Waals surface area (Å²) in [6.07, 6.45) is 9.62. The Morgan fingerprint density at radius 2 is 1.75 bits per heavy atom. The van der Waals surface area contributed by atoms with Crippen molar-refractivity contribution in [1.29, 1.82) is 0 Å². The van der Waals surface area contributed by atoms with Gasteiger partial charge in [0, 0.05) is 0 Å². The van der Waals surface area contributed by atoms with Crippen LogP contribution in [0.15, 0.2) is 23.3 Å². The topological polar surface area (TPSA) is 0 Å². The van der Waals surface area contributed by atoms with Crippen LogP contribution in [-0.4, -0.2) is 0 Å². The molecule has 0 aromatic heterocycles. The lowest BCUT2D eigenvalue weighted by molar-refractivity contribution is 0.785. The van der Waals surface area contributed by atoms with Crippen LogP contribution in [0.3, 0.4) is 0 Å². The highest BCUT2D eigenvalue weighted by atomic mass is 13.9. The highest BCUT2D eigenvalue weighted by Gasteiger charge is 1.87. The summed E-state index contributed by atoms with van der Waals surface area (Å²) in [7, 11) is 0. The smallest absolute Gasteiger partial charge is 0.0164 e. The maximum atomic E-state index is 2.34. The minimum absolute atomic E-state index is 1.11. The summed E-state index contributed by atoms with van der Waals surface area (Å²) >= 11 is 0. The molecule has 0 aliphatic rings. The molecule has 0 saturated heterocycles. The third-order valence-corrected chi connectivity index (χ3v) is 1.92. The van der Waals surface area contributed by atoms with E-state index >= 15 is 0 Å². The second-order valence-corrected chi connectivity index (χ2v) is 3.67. The maximum Gasteiger partial charge on any atom is -0.0164 e. The first-order valence-corrected chi connectivity index (χ1v) is 4.95. The lowest BCUT2D eigenvalue weighted by atomic mass is 10.1. The standard InChI is InChI=1S/C12H22/c1-5-6-9-12(4)10-7-8-11(2)3/h8,10H,5-7,9H2,1-4H3/b12-10+. The molecule has 0 spiro atoms. The molecule has 0 saturated carbocycles. The minimum atomic E-state index is 1.11. The second kappa shape index (κ2) is 7.15. The summed E-state index contributed by atoms with van der Waals surface area (Å²) in [4.78, 5) is 0. The normalized spacial score (nSPS) is 11.5. The molecule has 0 rings (SSSR count). The van der Waals surface area contributed by atoms with Gasteiger partial charge in [-0.2, -0.15) is 0 Å². The van der Waals surface area contributed by atoms with Crippen molar-refractivity contribution in [2.75, 3.05) is 0 Å². The SMILES string of the molecule is CCCC/C(C)=C/CC=C(C)C. The Morgan fingerprint density at radius 1 is 1.08 bits per heavy atom. The van der Waals surface area contributed by atoms with Gasteiger partial charge in [0.25, 0.3) is 0 Å². The number of allylic oxidation sites excluding steroid dienone is 4. The molecule has 0 aromatic rings. The average molecular weight is 166 g/mol. The zero-order chi connectivity index (χ0) is 9.40. The molecule has 0 bridgehead atoms. The summed E-state index contributed by atoms with van der Waals surface area (Å²) in [6, 6.07) is 0. The van der Waals surface area contributed by atoms with Crippen molar-refractivity contribution in [3.8, 4) is 0 Å². The molecule has 70 valence electrons. The summed E-state index contributed by atoms with van der Waals surface area (Å²) < 4.78 is 0. The molecule has 0 heteroatoms. The van der Waals surface area contributed by atoms with Gasteiger partial charge in [0.05, 0.1) is 0 Å². The third kappa shape index (κ3) is 7.59.